The van der Waals surface area contributed by atoms with E-state index in [1.807, 2.05) is 0 Å². The fraction of sp³-hybridized carbons (Fsp3) is 0. The van der Waals surface area contributed by atoms with E-state index in [1.165, 1.54) is 32.8 Å². The van der Waals surface area contributed by atoms with E-state index < -0.39 is 0 Å². The Kier molecular flexibility index (Phi) is 6.17. The lowest BCUT2D eigenvalue weighted by atomic mass is 10.00. The Morgan fingerprint density at radius 1 is 0.326 bits per heavy atom. The van der Waals surface area contributed by atoms with Gasteiger partial charge in [-0.2, -0.15) is 0 Å². The van der Waals surface area contributed by atoms with Gasteiger partial charge in [-0.25, -0.2) is 0 Å². The first-order valence-electron chi connectivity index (χ1n) is 15.7. The maximum absolute atomic E-state index is 6.84. The molecule has 0 saturated carbocycles. The van der Waals surface area contributed by atoms with Gasteiger partial charge >= 0.3 is 0 Å². The first-order chi connectivity index (χ1) is 22.8. The number of rotatable bonds is 5. The minimum absolute atomic E-state index is 0.872. The maximum atomic E-state index is 6.84. The van der Waals surface area contributed by atoms with Gasteiger partial charge in [0.05, 0.1) is 5.69 Å². The second kappa shape index (κ2) is 10.8. The smallest absolute Gasteiger partial charge is 0.159 e. The van der Waals surface area contributed by atoms with Crippen LogP contribution in [0.4, 0.5) is 17.1 Å². The van der Waals surface area contributed by atoms with Crippen molar-refractivity contribution in [3.8, 4) is 22.3 Å². The molecular weight excluding hydrogens is 558 g/mol. The van der Waals surface area contributed by atoms with E-state index in [1.54, 1.807) is 0 Å². The summed E-state index contributed by atoms with van der Waals surface area (Å²) in [5.41, 5.74) is 9.66. The summed E-state index contributed by atoms with van der Waals surface area (Å²) in [5, 5.41) is 7.01. The molecule has 0 aliphatic heterocycles. The second-order valence-electron chi connectivity index (χ2n) is 11.8. The molecule has 0 saturated heterocycles. The lowest BCUT2D eigenvalue weighted by Gasteiger charge is -2.26. The summed E-state index contributed by atoms with van der Waals surface area (Å²) in [4.78, 5) is 2.33. The topological polar surface area (TPSA) is 16.4 Å². The molecule has 1 aromatic heterocycles. The fourth-order valence-corrected chi connectivity index (χ4v) is 6.74. The van der Waals surface area contributed by atoms with E-state index in [-0.39, 0.29) is 0 Å². The van der Waals surface area contributed by atoms with Gasteiger partial charge in [0.2, 0.25) is 0 Å². The standard InChI is InChI=1S/C44H29NO/c1-2-10-30(11-3-1)32-22-25-37(26-23-32)45(38-16-8-15-35(29-38)36-21-20-31-12-4-5-14-34(31)28-36)42-19-9-18-40-41-27-24-33-13-6-7-17-39(33)43(41)46-44(40)42/h1-29H. The van der Waals surface area contributed by atoms with Crippen molar-refractivity contribution in [3.05, 3.63) is 176 Å². The van der Waals surface area contributed by atoms with E-state index in [2.05, 4.69) is 181 Å². The predicted octanol–water partition coefficient (Wildman–Crippen LogP) is 12.7. The first-order valence-corrected chi connectivity index (χ1v) is 15.7. The molecule has 0 radical (unpaired) electrons. The summed E-state index contributed by atoms with van der Waals surface area (Å²) in [6.07, 6.45) is 0. The third-order valence-corrected chi connectivity index (χ3v) is 9.03. The number of nitrogens with zero attached hydrogens (tertiary/aromatic N) is 1. The van der Waals surface area contributed by atoms with Gasteiger partial charge in [0, 0.05) is 27.5 Å². The molecule has 0 unspecified atom stereocenters. The van der Waals surface area contributed by atoms with Crippen molar-refractivity contribution in [2.45, 2.75) is 0 Å². The molecule has 2 heteroatoms. The van der Waals surface area contributed by atoms with E-state index in [0.717, 1.165) is 50.0 Å². The highest BCUT2D eigenvalue weighted by Gasteiger charge is 2.20. The number of furan rings is 1. The summed E-state index contributed by atoms with van der Waals surface area (Å²) in [5.74, 6) is 0. The largest absolute Gasteiger partial charge is 0.453 e. The number of hydrogen-bond acceptors (Lipinski definition) is 2. The molecule has 0 aliphatic rings. The zero-order valence-electron chi connectivity index (χ0n) is 25.1. The molecule has 0 atom stereocenters. The first kappa shape index (κ1) is 26.3. The number of anilines is 3. The van der Waals surface area contributed by atoms with Crippen LogP contribution in [0.3, 0.4) is 0 Å². The van der Waals surface area contributed by atoms with Gasteiger partial charge in [-0.3, -0.25) is 0 Å². The van der Waals surface area contributed by atoms with Crippen molar-refractivity contribution >= 4 is 60.5 Å². The van der Waals surface area contributed by atoms with Crippen LogP contribution in [0.1, 0.15) is 0 Å². The molecule has 2 nitrogen and oxygen atoms in total. The Bertz CT molecular complexity index is 2530. The van der Waals surface area contributed by atoms with Crippen molar-refractivity contribution < 1.29 is 4.42 Å². The predicted molar refractivity (Wildman–Crippen MR) is 194 cm³/mol. The lowest BCUT2D eigenvalue weighted by molar-refractivity contribution is 0.673. The van der Waals surface area contributed by atoms with Gasteiger partial charge in [0.25, 0.3) is 0 Å². The Hall–Kier alpha value is -6.12. The van der Waals surface area contributed by atoms with Crippen LogP contribution in [0.15, 0.2) is 180 Å². The Labute approximate surface area is 267 Å². The third-order valence-electron chi connectivity index (χ3n) is 9.03. The van der Waals surface area contributed by atoms with E-state index in [4.69, 9.17) is 4.42 Å². The second-order valence-corrected chi connectivity index (χ2v) is 11.8. The van der Waals surface area contributed by atoms with Gasteiger partial charge in [-0.15, -0.1) is 0 Å². The zero-order valence-corrected chi connectivity index (χ0v) is 25.1. The zero-order chi connectivity index (χ0) is 30.5. The summed E-state index contributed by atoms with van der Waals surface area (Å²) in [7, 11) is 0. The minimum Gasteiger partial charge on any atom is -0.453 e. The van der Waals surface area contributed by atoms with E-state index >= 15 is 0 Å². The highest BCUT2D eigenvalue weighted by atomic mass is 16.3. The fourth-order valence-electron chi connectivity index (χ4n) is 6.74. The lowest BCUT2D eigenvalue weighted by Crippen LogP contribution is -2.10. The Morgan fingerprint density at radius 3 is 1.80 bits per heavy atom. The van der Waals surface area contributed by atoms with E-state index in [9.17, 15) is 0 Å². The van der Waals surface area contributed by atoms with Crippen molar-refractivity contribution in [2.75, 3.05) is 4.90 Å². The molecule has 8 aromatic carbocycles. The normalized spacial score (nSPS) is 11.5. The molecule has 216 valence electrons. The molecular formula is C44H29NO. The Morgan fingerprint density at radius 2 is 0.935 bits per heavy atom. The van der Waals surface area contributed by atoms with Crippen molar-refractivity contribution in [1.29, 1.82) is 0 Å². The molecule has 9 aromatic rings. The third kappa shape index (κ3) is 4.43. The number of hydrogen-bond donors (Lipinski definition) is 0. The molecule has 0 spiro atoms. The van der Waals surface area contributed by atoms with Crippen LogP contribution >= 0.6 is 0 Å². The summed E-state index contributed by atoms with van der Waals surface area (Å²) < 4.78 is 6.84. The Balaban J connectivity index is 1.25. The van der Waals surface area contributed by atoms with Crippen molar-refractivity contribution in [1.82, 2.24) is 0 Å². The summed E-state index contributed by atoms with van der Waals surface area (Å²) in [6, 6.07) is 62.7. The average Bonchev–Trinajstić information content (AvgIpc) is 3.53. The molecule has 0 N–H and O–H groups in total. The number of fused-ring (bicyclic) bond motifs is 6. The van der Waals surface area contributed by atoms with Gasteiger partial charge in [0.1, 0.15) is 5.58 Å². The SMILES string of the molecule is c1ccc(-c2ccc(N(c3cccc(-c4ccc5ccccc5c4)c3)c3cccc4c3oc3c5ccccc5ccc43)cc2)cc1. The number of benzene rings is 8. The minimum atomic E-state index is 0.872. The molecule has 0 aliphatic carbocycles. The highest BCUT2D eigenvalue weighted by molar-refractivity contribution is 6.17. The maximum Gasteiger partial charge on any atom is 0.159 e. The molecule has 0 amide bonds. The van der Waals surface area contributed by atoms with Gasteiger partial charge in [-0.1, -0.05) is 133 Å². The quantitative estimate of drug-likeness (QED) is 0.199. The molecule has 1 heterocycles. The van der Waals surface area contributed by atoms with Gasteiger partial charge in [0.15, 0.2) is 5.58 Å². The van der Waals surface area contributed by atoms with E-state index in [0.29, 0.717) is 0 Å². The van der Waals surface area contributed by atoms with Gasteiger partial charge < -0.3 is 9.32 Å². The van der Waals surface area contributed by atoms with Crippen LogP contribution in [-0.2, 0) is 0 Å². The van der Waals surface area contributed by atoms with Gasteiger partial charge in [-0.05, 0) is 80.9 Å². The molecule has 9 rings (SSSR count). The van der Waals surface area contributed by atoms with Crippen molar-refractivity contribution in [2.24, 2.45) is 0 Å². The van der Waals surface area contributed by atoms with Crippen LogP contribution in [-0.4, -0.2) is 0 Å². The van der Waals surface area contributed by atoms with Crippen LogP contribution in [0.5, 0.6) is 0 Å². The van der Waals surface area contributed by atoms with Crippen LogP contribution < -0.4 is 4.90 Å². The van der Waals surface area contributed by atoms with Crippen LogP contribution in [0.25, 0.3) is 65.7 Å². The number of para-hydroxylation sites is 1. The molecule has 0 fully saturated rings. The summed E-state index contributed by atoms with van der Waals surface area (Å²) in [6.45, 7) is 0. The monoisotopic (exact) mass is 587 g/mol. The average molecular weight is 588 g/mol. The molecule has 0 bridgehead atoms. The summed E-state index contributed by atoms with van der Waals surface area (Å²) >= 11 is 0. The van der Waals surface area contributed by atoms with Crippen molar-refractivity contribution in [3.63, 3.8) is 0 Å². The highest BCUT2D eigenvalue weighted by Crippen LogP contribution is 2.44. The van der Waals surface area contributed by atoms with Crippen LogP contribution in [0, 0.1) is 0 Å². The molecule has 46 heavy (non-hydrogen) atoms. The van der Waals surface area contributed by atoms with Crippen LogP contribution in [0.2, 0.25) is 0 Å².